The van der Waals surface area contributed by atoms with Gasteiger partial charge < -0.3 is 9.64 Å². The molecule has 30 heavy (non-hydrogen) atoms. The molecule has 0 bridgehead atoms. The quantitative estimate of drug-likeness (QED) is 0.765. The van der Waals surface area contributed by atoms with Gasteiger partial charge in [0.05, 0.1) is 17.1 Å². The lowest BCUT2D eigenvalue weighted by molar-refractivity contribution is 0.0221. The molecule has 1 amide bonds. The Bertz CT molecular complexity index is 1030. The maximum Gasteiger partial charge on any atom is 0.410 e. The van der Waals surface area contributed by atoms with E-state index in [4.69, 9.17) is 4.74 Å². The van der Waals surface area contributed by atoms with Gasteiger partial charge in [0.1, 0.15) is 5.60 Å². The van der Waals surface area contributed by atoms with Gasteiger partial charge in [0.25, 0.3) is 10.0 Å². The highest BCUT2D eigenvalue weighted by molar-refractivity contribution is 7.92. The molecule has 2 N–H and O–H groups in total. The van der Waals surface area contributed by atoms with E-state index in [2.05, 4.69) is 35.7 Å². The summed E-state index contributed by atoms with van der Waals surface area (Å²) in [4.78, 5) is 14.1. The van der Waals surface area contributed by atoms with Crippen molar-refractivity contribution in [2.75, 3.05) is 11.3 Å². The lowest BCUT2D eigenvalue weighted by Crippen LogP contribution is -2.39. The zero-order chi connectivity index (χ0) is 22.3. The summed E-state index contributed by atoms with van der Waals surface area (Å²) < 4.78 is 33.6. The molecule has 0 spiro atoms. The van der Waals surface area contributed by atoms with E-state index in [0.29, 0.717) is 25.2 Å². The summed E-state index contributed by atoms with van der Waals surface area (Å²) in [6.45, 7) is 12.4. The molecule has 0 saturated heterocycles. The van der Waals surface area contributed by atoms with Gasteiger partial charge in [0.2, 0.25) is 0 Å². The lowest BCUT2D eigenvalue weighted by Gasteiger charge is -2.29. The van der Waals surface area contributed by atoms with Gasteiger partial charge in [-0.3, -0.25) is 9.82 Å². The Balaban J connectivity index is 1.75. The van der Waals surface area contributed by atoms with Crippen LogP contribution in [-0.2, 0) is 33.1 Å². The first kappa shape index (κ1) is 22.1. The predicted octanol–water partition coefficient (Wildman–Crippen LogP) is 3.80. The first-order valence-electron chi connectivity index (χ1n) is 9.94. The Kier molecular flexibility index (Phi) is 5.62. The smallest absolute Gasteiger partial charge is 0.410 e. The highest BCUT2D eigenvalue weighted by atomic mass is 32.2. The third kappa shape index (κ3) is 4.95. The molecule has 1 aromatic carbocycles. The number of carbonyl (C=O) groups is 1. The van der Waals surface area contributed by atoms with Crippen LogP contribution in [0.15, 0.2) is 29.2 Å². The standard InChI is InChI=1S/C21H30N4O4S/c1-20(2,3)14-7-9-15(10-8-14)30(27,28)24-18-16-11-12-25(13-17(16)22-23-18)19(26)29-21(4,5)6/h7-10H,11-13H2,1-6H3,(H2,22,23,24). The van der Waals surface area contributed by atoms with Crippen LogP contribution in [0, 0.1) is 0 Å². The number of amides is 1. The number of sulfonamides is 1. The highest BCUT2D eigenvalue weighted by Crippen LogP contribution is 2.28. The number of nitrogens with one attached hydrogen (secondary N) is 2. The van der Waals surface area contributed by atoms with Gasteiger partial charge in [-0.25, -0.2) is 13.2 Å². The minimum absolute atomic E-state index is 0.0585. The van der Waals surface area contributed by atoms with Crippen molar-refractivity contribution in [1.82, 2.24) is 15.1 Å². The van der Waals surface area contributed by atoms with Gasteiger partial charge in [-0.05, 0) is 50.3 Å². The highest BCUT2D eigenvalue weighted by Gasteiger charge is 2.29. The normalized spacial score (nSPS) is 14.9. The zero-order valence-corrected chi connectivity index (χ0v) is 19.2. The summed E-state index contributed by atoms with van der Waals surface area (Å²) >= 11 is 0. The van der Waals surface area contributed by atoms with E-state index in [-0.39, 0.29) is 16.1 Å². The van der Waals surface area contributed by atoms with Crippen LogP contribution in [0.4, 0.5) is 10.6 Å². The van der Waals surface area contributed by atoms with Crippen molar-refractivity contribution in [1.29, 1.82) is 0 Å². The molecule has 164 valence electrons. The van der Waals surface area contributed by atoms with Crippen molar-refractivity contribution >= 4 is 21.9 Å². The van der Waals surface area contributed by atoms with E-state index in [0.717, 1.165) is 11.1 Å². The van der Waals surface area contributed by atoms with E-state index < -0.39 is 21.7 Å². The number of ether oxygens (including phenoxy) is 1. The van der Waals surface area contributed by atoms with Crippen molar-refractivity contribution in [2.24, 2.45) is 0 Å². The summed E-state index contributed by atoms with van der Waals surface area (Å²) in [5, 5.41) is 6.99. The van der Waals surface area contributed by atoms with Crippen LogP contribution in [0.25, 0.3) is 0 Å². The van der Waals surface area contributed by atoms with Crippen LogP contribution < -0.4 is 4.72 Å². The number of aromatic amines is 1. The van der Waals surface area contributed by atoms with Crippen LogP contribution >= 0.6 is 0 Å². The maximum absolute atomic E-state index is 12.8. The molecule has 1 aliphatic rings. The molecule has 0 radical (unpaired) electrons. The van der Waals surface area contributed by atoms with Gasteiger partial charge in [0.15, 0.2) is 5.82 Å². The molecule has 9 heteroatoms. The average Bonchev–Trinajstić information content (AvgIpc) is 3.01. The third-order valence-electron chi connectivity index (χ3n) is 4.85. The molecule has 3 rings (SSSR count). The second kappa shape index (κ2) is 7.61. The fraction of sp³-hybridized carbons (Fsp3) is 0.524. The molecular weight excluding hydrogens is 404 g/mol. The van der Waals surface area contributed by atoms with E-state index in [9.17, 15) is 13.2 Å². The Morgan fingerprint density at radius 2 is 1.77 bits per heavy atom. The van der Waals surface area contributed by atoms with Crippen molar-refractivity contribution < 1.29 is 17.9 Å². The van der Waals surface area contributed by atoms with Gasteiger partial charge in [-0.2, -0.15) is 5.10 Å². The number of benzene rings is 1. The van der Waals surface area contributed by atoms with E-state index >= 15 is 0 Å². The summed E-state index contributed by atoms with van der Waals surface area (Å²) in [6.07, 6.45) is 0.0788. The molecule has 1 aliphatic heterocycles. The molecule has 2 aromatic rings. The van der Waals surface area contributed by atoms with Crippen LogP contribution in [0.5, 0.6) is 0 Å². The van der Waals surface area contributed by atoms with Crippen LogP contribution in [-0.4, -0.2) is 41.8 Å². The Hall–Kier alpha value is -2.55. The van der Waals surface area contributed by atoms with Crippen LogP contribution in [0.3, 0.4) is 0 Å². The van der Waals surface area contributed by atoms with Crippen LogP contribution in [0.2, 0.25) is 0 Å². The number of aromatic nitrogens is 2. The molecule has 0 aliphatic carbocycles. The third-order valence-corrected chi connectivity index (χ3v) is 6.20. The first-order chi connectivity index (χ1) is 13.8. The molecule has 0 atom stereocenters. The summed E-state index contributed by atoms with van der Waals surface area (Å²) in [7, 11) is -3.77. The molecule has 0 fully saturated rings. The van der Waals surface area contributed by atoms with E-state index in [1.807, 2.05) is 32.9 Å². The number of anilines is 1. The van der Waals surface area contributed by atoms with Crippen molar-refractivity contribution in [3.8, 4) is 0 Å². The number of carbonyl (C=O) groups excluding carboxylic acids is 1. The van der Waals surface area contributed by atoms with Gasteiger partial charge >= 0.3 is 6.09 Å². The number of hydrogen-bond donors (Lipinski definition) is 2. The molecular formula is C21H30N4O4S. The fourth-order valence-electron chi connectivity index (χ4n) is 3.21. The van der Waals surface area contributed by atoms with E-state index in [1.54, 1.807) is 17.0 Å². The predicted molar refractivity (Wildman–Crippen MR) is 115 cm³/mol. The largest absolute Gasteiger partial charge is 0.444 e. The number of nitrogens with zero attached hydrogens (tertiary/aromatic N) is 2. The van der Waals surface area contributed by atoms with Crippen molar-refractivity contribution in [3.05, 3.63) is 41.1 Å². The maximum atomic E-state index is 12.8. The van der Waals surface area contributed by atoms with Crippen molar-refractivity contribution in [2.45, 2.75) is 70.4 Å². The average molecular weight is 435 g/mol. The van der Waals surface area contributed by atoms with E-state index in [1.165, 1.54) is 0 Å². The summed E-state index contributed by atoms with van der Waals surface area (Å²) in [6, 6.07) is 6.86. The first-order valence-corrected chi connectivity index (χ1v) is 11.4. The summed E-state index contributed by atoms with van der Waals surface area (Å²) in [5.41, 5.74) is 1.89. The Morgan fingerprint density at radius 1 is 1.13 bits per heavy atom. The minimum Gasteiger partial charge on any atom is -0.444 e. The molecule has 8 nitrogen and oxygen atoms in total. The van der Waals surface area contributed by atoms with Gasteiger partial charge in [-0.15, -0.1) is 0 Å². The SMILES string of the molecule is CC(C)(C)OC(=O)N1CCc2c(NS(=O)(=O)c3ccc(C(C)(C)C)cc3)n[nH]c2C1. The number of H-pyrrole nitrogens is 1. The topological polar surface area (TPSA) is 104 Å². The monoisotopic (exact) mass is 434 g/mol. The number of fused-ring (bicyclic) bond motifs is 1. The van der Waals surface area contributed by atoms with Crippen molar-refractivity contribution in [3.63, 3.8) is 0 Å². The fourth-order valence-corrected chi connectivity index (χ4v) is 4.24. The zero-order valence-electron chi connectivity index (χ0n) is 18.4. The molecule has 0 saturated carbocycles. The summed E-state index contributed by atoms with van der Waals surface area (Å²) in [5.74, 6) is 0.272. The number of hydrogen-bond acceptors (Lipinski definition) is 5. The Labute approximate surface area is 178 Å². The number of rotatable bonds is 3. The molecule has 1 aromatic heterocycles. The second-order valence-electron chi connectivity index (χ2n) is 9.56. The molecule has 2 heterocycles. The lowest BCUT2D eigenvalue weighted by atomic mass is 9.87. The van der Waals surface area contributed by atoms with Crippen LogP contribution in [0.1, 0.15) is 58.4 Å². The molecule has 0 unspecified atom stereocenters. The van der Waals surface area contributed by atoms with Gasteiger partial charge in [-0.1, -0.05) is 32.9 Å². The van der Waals surface area contributed by atoms with Gasteiger partial charge in [0, 0.05) is 12.1 Å². The minimum atomic E-state index is -3.77. The Morgan fingerprint density at radius 3 is 2.33 bits per heavy atom. The second-order valence-corrected chi connectivity index (χ2v) is 11.2.